The molecule has 0 aliphatic carbocycles. The highest BCUT2D eigenvalue weighted by molar-refractivity contribution is 5.84. The maximum absolute atomic E-state index is 11.4. The molecule has 0 spiro atoms. The Morgan fingerprint density at radius 2 is 2.00 bits per heavy atom. The molecule has 1 saturated heterocycles. The summed E-state index contributed by atoms with van der Waals surface area (Å²) in [5.41, 5.74) is 0. The van der Waals surface area contributed by atoms with Gasteiger partial charge in [-0.15, -0.1) is 0 Å². The second-order valence-electron chi connectivity index (χ2n) is 3.53. The van der Waals surface area contributed by atoms with Crippen LogP contribution in [0.4, 0.5) is 0 Å². The fourth-order valence-corrected chi connectivity index (χ4v) is 1.61. The van der Waals surface area contributed by atoms with Crippen molar-refractivity contribution < 1.29 is 14.7 Å². The lowest BCUT2D eigenvalue weighted by atomic mass is 10.3. The van der Waals surface area contributed by atoms with Crippen LogP contribution in [-0.4, -0.2) is 47.6 Å². The summed E-state index contributed by atoms with van der Waals surface area (Å²) < 4.78 is 0. The number of hydrogen-bond acceptors (Lipinski definition) is 3. The molecule has 1 heterocycles. The fraction of sp³-hybridized carbons (Fsp3) is 0.778. The van der Waals surface area contributed by atoms with Gasteiger partial charge in [0, 0.05) is 0 Å². The number of carboxylic acids is 1. The molecule has 14 heavy (non-hydrogen) atoms. The van der Waals surface area contributed by atoms with E-state index in [0.717, 1.165) is 25.9 Å². The molecule has 0 saturated carbocycles. The van der Waals surface area contributed by atoms with Crippen LogP contribution in [0.15, 0.2) is 0 Å². The third kappa shape index (κ3) is 2.99. The lowest BCUT2D eigenvalue weighted by molar-refractivity contribution is -0.138. The number of likely N-dealkylation sites (tertiary alicyclic amines) is 1. The van der Waals surface area contributed by atoms with Crippen LogP contribution in [0.5, 0.6) is 0 Å². The Bertz CT molecular complexity index is 224. The number of aliphatic carboxylic acids is 1. The van der Waals surface area contributed by atoms with Gasteiger partial charge in [-0.1, -0.05) is 0 Å². The molecule has 1 atom stereocenters. The maximum Gasteiger partial charge on any atom is 0.322 e. The third-order valence-electron chi connectivity index (χ3n) is 2.48. The number of carboxylic acid groups (broad SMARTS) is 1. The number of hydrogen-bond donors (Lipinski definition) is 2. The number of carbonyl (C=O) groups excluding carboxylic acids is 1. The van der Waals surface area contributed by atoms with Gasteiger partial charge < -0.3 is 10.4 Å². The zero-order valence-corrected chi connectivity index (χ0v) is 8.32. The van der Waals surface area contributed by atoms with E-state index in [1.54, 1.807) is 0 Å². The van der Waals surface area contributed by atoms with Crippen molar-refractivity contribution in [3.05, 3.63) is 0 Å². The van der Waals surface area contributed by atoms with Gasteiger partial charge in [-0.05, 0) is 32.9 Å². The van der Waals surface area contributed by atoms with Crippen LogP contribution in [0, 0.1) is 0 Å². The molecule has 0 bridgehead atoms. The minimum atomic E-state index is -1.01. The molecule has 1 rings (SSSR count). The van der Waals surface area contributed by atoms with Crippen molar-refractivity contribution in [1.29, 1.82) is 0 Å². The Labute approximate surface area is 83.1 Å². The average Bonchev–Trinajstić information content (AvgIpc) is 2.65. The van der Waals surface area contributed by atoms with E-state index in [9.17, 15) is 9.59 Å². The van der Waals surface area contributed by atoms with Crippen LogP contribution in [0.1, 0.15) is 19.8 Å². The average molecular weight is 200 g/mol. The van der Waals surface area contributed by atoms with Crippen molar-refractivity contribution >= 4 is 11.9 Å². The van der Waals surface area contributed by atoms with Gasteiger partial charge in [0.25, 0.3) is 0 Å². The molecule has 1 aliphatic rings. The predicted octanol–water partition coefficient (Wildman–Crippen LogP) is -0.328. The van der Waals surface area contributed by atoms with Gasteiger partial charge in [-0.3, -0.25) is 14.5 Å². The first-order chi connectivity index (χ1) is 6.61. The Kier molecular flexibility index (Phi) is 3.88. The number of nitrogens with one attached hydrogen (secondary N) is 1. The molecular formula is C9H16N2O3. The van der Waals surface area contributed by atoms with E-state index in [-0.39, 0.29) is 18.5 Å². The third-order valence-corrected chi connectivity index (χ3v) is 2.48. The van der Waals surface area contributed by atoms with Crippen molar-refractivity contribution in [1.82, 2.24) is 10.2 Å². The first-order valence-corrected chi connectivity index (χ1v) is 4.85. The molecule has 0 aromatic carbocycles. The van der Waals surface area contributed by atoms with Gasteiger partial charge in [0.1, 0.15) is 6.54 Å². The fourth-order valence-electron chi connectivity index (χ4n) is 1.61. The van der Waals surface area contributed by atoms with Gasteiger partial charge in [-0.2, -0.15) is 0 Å². The van der Waals surface area contributed by atoms with Crippen LogP contribution in [-0.2, 0) is 9.59 Å². The topological polar surface area (TPSA) is 69.6 Å². The highest BCUT2D eigenvalue weighted by Crippen LogP contribution is 2.11. The van der Waals surface area contributed by atoms with Crippen molar-refractivity contribution in [2.24, 2.45) is 0 Å². The molecule has 1 amide bonds. The summed E-state index contributed by atoms with van der Waals surface area (Å²) in [6.45, 7) is 3.38. The monoisotopic (exact) mass is 200 g/mol. The predicted molar refractivity (Wildman–Crippen MR) is 50.9 cm³/mol. The lowest BCUT2D eigenvalue weighted by Crippen LogP contribution is -2.45. The van der Waals surface area contributed by atoms with Gasteiger partial charge in [0.15, 0.2) is 0 Å². The summed E-state index contributed by atoms with van der Waals surface area (Å²) in [5.74, 6) is -1.21. The standard InChI is InChI=1S/C9H16N2O3/c1-7(11-4-2-3-5-11)9(14)10-6-8(12)13/h7H,2-6H2,1H3,(H,10,14)(H,12,13). The number of rotatable bonds is 4. The maximum atomic E-state index is 11.4. The molecule has 80 valence electrons. The molecular weight excluding hydrogens is 184 g/mol. The smallest absolute Gasteiger partial charge is 0.322 e. The summed E-state index contributed by atoms with van der Waals surface area (Å²) in [6.07, 6.45) is 2.24. The molecule has 5 nitrogen and oxygen atoms in total. The van der Waals surface area contributed by atoms with E-state index < -0.39 is 5.97 Å². The van der Waals surface area contributed by atoms with Gasteiger partial charge in [-0.25, -0.2) is 0 Å². The Balaban J connectivity index is 2.31. The Morgan fingerprint density at radius 1 is 1.43 bits per heavy atom. The van der Waals surface area contributed by atoms with E-state index >= 15 is 0 Å². The molecule has 0 aromatic heterocycles. The molecule has 0 aromatic rings. The molecule has 2 N–H and O–H groups in total. The number of carbonyl (C=O) groups is 2. The Morgan fingerprint density at radius 3 is 2.50 bits per heavy atom. The van der Waals surface area contributed by atoms with E-state index in [1.165, 1.54) is 0 Å². The zero-order chi connectivity index (χ0) is 10.6. The second-order valence-corrected chi connectivity index (χ2v) is 3.53. The SMILES string of the molecule is CC(C(=O)NCC(=O)O)N1CCCC1. The van der Waals surface area contributed by atoms with Gasteiger partial charge in [0.2, 0.25) is 5.91 Å². The molecule has 1 aliphatic heterocycles. The highest BCUT2D eigenvalue weighted by atomic mass is 16.4. The summed E-state index contributed by atoms with van der Waals surface area (Å²) in [7, 11) is 0. The first kappa shape index (κ1) is 11.0. The molecule has 5 heteroatoms. The lowest BCUT2D eigenvalue weighted by Gasteiger charge is -2.22. The van der Waals surface area contributed by atoms with E-state index in [2.05, 4.69) is 10.2 Å². The zero-order valence-electron chi connectivity index (χ0n) is 8.32. The van der Waals surface area contributed by atoms with Crippen molar-refractivity contribution in [2.75, 3.05) is 19.6 Å². The second kappa shape index (κ2) is 4.95. The highest BCUT2D eigenvalue weighted by Gasteiger charge is 2.23. The van der Waals surface area contributed by atoms with Crippen LogP contribution in [0.3, 0.4) is 0 Å². The quantitative estimate of drug-likeness (QED) is 0.652. The van der Waals surface area contributed by atoms with E-state index in [0.29, 0.717) is 0 Å². The van der Waals surface area contributed by atoms with Gasteiger partial charge >= 0.3 is 5.97 Å². The van der Waals surface area contributed by atoms with Crippen molar-refractivity contribution in [3.63, 3.8) is 0 Å². The minimum Gasteiger partial charge on any atom is -0.480 e. The van der Waals surface area contributed by atoms with Crippen molar-refractivity contribution in [3.8, 4) is 0 Å². The van der Waals surface area contributed by atoms with Crippen LogP contribution >= 0.6 is 0 Å². The van der Waals surface area contributed by atoms with Crippen LogP contribution in [0.2, 0.25) is 0 Å². The van der Waals surface area contributed by atoms with Crippen LogP contribution < -0.4 is 5.32 Å². The summed E-state index contributed by atoms with van der Waals surface area (Å²) >= 11 is 0. The minimum absolute atomic E-state index is 0.200. The number of nitrogens with zero attached hydrogens (tertiary/aromatic N) is 1. The van der Waals surface area contributed by atoms with E-state index in [4.69, 9.17) is 5.11 Å². The van der Waals surface area contributed by atoms with E-state index in [1.807, 2.05) is 6.92 Å². The molecule has 0 radical (unpaired) electrons. The number of amides is 1. The summed E-state index contributed by atoms with van der Waals surface area (Å²) in [5, 5.41) is 10.8. The van der Waals surface area contributed by atoms with Crippen molar-refractivity contribution in [2.45, 2.75) is 25.8 Å². The summed E-state index contributed by atoms with van der Waals surface area (Å²) in [6, 6.07) is -0.211. The normalized spacial score (nSPS) is 19.2. The van der Waals surface area contributed by atoms with Crippen LogP contribution in [0.25, 0.3) is 0 Å². The molecule has 1 fully saturated rings. The van der Waals surface area contributed by atoms with Gasteiger partial charge in [0.05, 0.1) is 6.04 Å². The first-order valence-electron chi connectivity index (χ1n) is 4.85. The Hall–Kier alpha value is -1.10. The largest absolute Gasteiger partial charge is 0.480 e. The summed E-state index contributed by atoms with van der Waals surface area (Å²) in [4.78, 5) is 23.7. The molecule has 1 unspecified atom stereocenters.